The van der Waals surface area contributed by atoms with E-state index >= 15 is 0 Å². The van der Waals surface area contributed by atoms with Crippen molar-refractivity contribution in [3.63, 3.8) is 0 Å². The third-order valence-corrected chi connectivity index (χ3v) is 7.49. The Bertz CT molecular complexity index is 537. The molecule has 0 radical (unpaired) electrons. The molecule has 0 bridgehead atoms. The second-order valence-electron chi connectivity index (χ2n) is 5.47. The van der Waals surface area contributed by atoms with E-state index in [2.05, 4.69) is 4.72 Å². The quantitative estimate of drug-likeness (QED) is 0.677. The Balaban J connectivity index is 2.66. The summed E-state index contributed by atoms with van der Waals surface area (Å²) in [5.41, 5.74) is 4.92. The fourth-order valence-corrected chi connectivity index (χ4v) is 5.18. The van der Waals surface area contributed by atoms with Crippen molar-refractivity contribution in [1.29, 1.82) is 0 Å². The van der Waals surface area contributed by atoms with Gasteiger partial charge in [-0.3, -0.25) is 0 Å². The molecule has 0 aliphatic carbocycles. The minimum Gasteiger partial charge on any atom is -0.393 e. The lowest BCUT2D eigenvalue weighted by molar-refractivity contribution is 0.491. The number of nitrogens with two attached hydrogens (primary N) is 1. The van der Waals surface area contributed by atoms with E-state index in [1.807, 2.05) is 0 Å². The first kappa shape index (κ1) is 16.8. The lowest BCUT2D eigenvalue weighted by Crippen LogP contribution is -2.46. The first-order valence-electron chi connectivity index (χ1n) is 5.95. The number of sulfonamides is 1. The molecule has 1 fully saturated rings. The molecular weight excluding hydrogens is 308 g/mol. The van der Waals surface area contributed by atoms with Crippen LogP contribution in [0.15, 0.2) is 0 Å². The predicted octanol–water partition coefficient (Wildman–Crippen LogP) is -0.205. The Morgan fingerprint density at radius 3 is 2.26 bits per heavy atom. The van der Waals surface area contributed by atoms with E-state index in [-0.39, 0.29) is 35.9 Å². The summed E-state index contributed by atoms with van der Waals surface area (Å²) in [6.45, 7) is 3.63. The third kappa shape index (κ3) is 4.66. The highest BCUT2D eigenvalue weighted by Crippen LogP contribution is 2.20. The number of nitrogens with one attached hydrogen (secondary N) is 1. The van der Waals surface area contributed by atoms with Crippen LogP contribution in [0.25, 0.3) is 0 Å². The summed E-state index contributed by atoms with van der Waals surface area (Å²) >= 11 is 4.87. The SMILES string of the molecule is CC(C)(CNS(=O)(=O)C1CCS(=O)(=O)CC1)C(N)=S. The van der Waals surface area contributed by atoms with Gasteiger partial charge in [-0.1, -0.05) is 26.1 Å². The molecule has 0 unspecified atom stereocenters. The summed E-state index contributed by atoms with van der Waals surface area (Å²) in [5, 5.41) is -0.654. The van der Waals surface area contributed by atoms with Crippen molar-refractivity contribution in [3.05, 3.63) is 0 Å². The van der Waals surface area contributed by atoms with Crippen LogP contribution in [0.1, 0.15) is 26.7 Å². The summed E-state index contributed by atoms with van der Waals surface area (Å²) in [6.07, 6.45) is 0.288. The van der Waals surface area contributed by atoms with Gasteiger partial charge in [-0.05, 0) is 12.8 Å². The maximum absolute atomic E-state index is 12.1. The van der Waals surface area contributed by atoms with Gasteiger partial charge in [0.05, 0.1) is 21.7 Å². The van der Waals surface area contributed by atoms with Crippen LogP contribution >= 0.6 is 12.2 Å². The predicted molar refractivity (Wildman–Crippen MR) is 79.2 cm³/mol. The van der Waals surface area contributed by atoms with Gasteiger partial charge in [0, 0.05) is 12.0 Å². The molecule has 1 rings (SSSR count). The van der Waals surface area contributed by atoms with E-state index in [9.17, 15) is 16.8 Å². The van der Waals surface area contributed by atoms with Crippen molar-refractivity contribution in [3.8, 4) is 0 Å². The average molecular weight is 328 g/mol. The van der Waals surface area contributed by atoms with Crippen molar-refractivity contribution >= 4 is 37.1 Å². The smallest absolute Gasteiger partial charge is 0.214 e. The molecule has 9 heteroatoms. The van der Waals surface area contributed by atoms with Crippen molar-refractivity contribution in [1.82, 2.24) is 4.72 Å². The molecule has 1 heterocycles. The Kier molecular flexibility index (Phi) is 4.98. The van der Waals surface area contributed by atoms with Gasteiger partial charge in [0.2, 0.25) is 10.0 Å². The number of rotatable bonds is 5. The summed E-state index contributed by atoms with van der Waals surface area (Å²) in [5.74, 6) is -0.144. The van der Waals surface area contributed by atoms with Crippen LogP contribution in [-0.4, -0.2) is 45.1 Å². The van der Waals surface area contributed by atoms with E-state index in [0.717, 1.165) is 0 Å². The zero-order valence-electron chi connectivity index (χ0n) is 11.0. The molecule has 1 aliphatic rings. The van der Waals surface area contributed by atoms with Gasteiger partial charge in [0.25, 0.3) is 0 Å². The molecule has 19 heavy (non-hydrogen) atoms. The van der Waals surface area contributed by atoms with E-state index < -0.39 is 30.5 Å². The maximum atomic E-state index is 12.1. The molecule has 6 nitrogen and oxygen atoms in total. The van der Waals surface area contributed by atoms with Crippen LogP contribution in [0.2, 0.25) is 0 Å². The number of sulfone groups is 1. The normalized spacial score (nSPS) is 21.2. The highest BCUT2D eigenvalue weighted by molar-refractivity contribution is 7.92. The van der Waals surface area contributed by atoms with Gasteiger partial charge < -0.3 is 5.73 Å². The van der Waals surface area contributed by atoms with Crippen molar-refractivity contribution < 1.29 is 16.8 Å². The third-order valence-electron chi connectivity index (χ3n) is 3.32. The summed E-state index contributed by atoms with van der Waals surface area (Å²) in [7, 11) is -6.60. The van der Waals surface area contributed by atoms with Crippen LogP contribution in [0, 0.1) is 5.41 Å². The summed E-state index contributed by atoms with van der Waals surface area (Å²) in [6, 6.07) is 0. The maximum Gasteiger partial charge on any atom is 0.214 e. The van der Waals surface area contributed by atoms with Crippen LogP contribution in [0.5, 0.6) is 0 Å². The number of thiocarbonyl (C=S) groups is 1. The minimum atomic E-state index is -3.53. The monoisotopic (exact) mass is 328 g/mol. The lowest BCUT2D eigenvalue weighted by Gasteiger charge is -2.27. The van der Waals surface area contributed by atoms with Crippen molar-refractivity contribution in [2.24, 2.45) is 11.1 Å². The summed E-state index contributed by atoms with van der Waals surface area (Å²) in [4.78, 5) is 0.237. The molecule has 112 valence electrons. The first-order chi connectivity index (χ1) is 8.46. The molecule has 0 aromatic rings. The van der Waals surface area contributed by atoms with Crippen molar-refractivity contribution in [2.75, 3.05) is 18.1 Å². The van der Waals surface area contributed by atoms with E-state index in [0.29, 0.717) is 0 Å². The molecule has 0 aromatic heterocycles. The lowest BCUT2D eigenvalue weighted by atomic mass is 9.94. The number of hydrogen-bond donors (Lipinski definition) is 2. The molecule has 0 atom stereocenters. The van der Waals surface area contributed by atoms with Crippen LogP contribution < -0.4 is 10.5 Å². The Morgan fingerprint density at radius 1 is 1.37 bits per heavy atom. The first-order valence-corrected chi connectivity index (χ1v) is 9.73. The highest BCUT2D eigenvalue weighted by Gasteiger charge is 2.34. The Morgan fingerprint density at radius 2 is 1.84 bits per heavy atom. The molecule has 0 amide bonds. The summed E-state index contributed by atoms with van der Waals surface area (Å²) < 4.78 is 49.2. The molecule has 0 spiro atoms. The molecule has 0 saturated carbocycles. The molecule has 1 aliphatic heterocycles. The average Bonchev–Trinajstić information content (AvgIpc) is 2.26. The second kappa shape index (κ2) is 5.63. The topological polar surface area (TPSA) is 106 Å². The van der Waals surface area contributed by atoms with Crippen LogP contribution in [0.3, 0.4) is 0 Å². The van der Waals surface area contributed by atoms with E-state index in [4.69, 9.17) is 18.0 Å². The Hall–Kier alpha value is -0.250. The number of hydrogen-bond acceptors (Lipinski definition) is 5. The van der Waals surface area contributed by atoms with E-state index in [1.165, 1.54) is 0 Å². The zero-order valence-corrected chi connectivity index (χ0v) is 13.5. The van der Waals surface area contributed by atoms with Crippen LogP contribution in [-0.2, 0) is 19.9 Å². The van der Waals surface area contributed by atoms with Crippen molar-refractivity contribution in [2.45, 2.75) is 31.9 Å². The van der Waals surface area contributed by atoms with Gasteiger partial charge in [-0.15, -0.1) is 0 Å². The fraction of sp³-hybridized carbons (Fsp3) is 0.900. The minimum absolute atomic E-state index is 0.0722. The van der Waals surface area contributed by atoms with E-state index in [1.54, 1.807) is 13.8 Å². The zero-order chi connectivity index (χ0) is 14.9. The largest absolute Gasteiger partial charge is 0.393 e. The molecular formula is C10H20N2O4S3. The molecule has 0 aromatic carbocycles. The van der Waals surface area contributed by atoms with Gasteiger partial charge in [-0.2, -0.15) is 0 Å². The molecule has 3 N–H and O–H groups in total. The van der Waals surface area contributed by atoms with Gasteiger partial charge in [0.15, 0.2) is 0 Å². The Labute approximate surface area is 120 Å². The van der Waals surface area contributed by atoms with Gasteiger partial charge in [-0.25, -0.2) is 21.6 Å². The standard InChI is InChI=1S/C10H20N2O4S3/c1-10(2,9(11)17)7-12-19(15,16)8-3-5-18(13,14)6-4-8/h8,12H,3-7H2,1-2H3,(H2,11,17). The second-order valence-corrected chi connectivity index (χ2v) is 10.3. The van der Waals surface area contributed by atoms with Crippen LogP contribution in [0.4, 0.5) is 0 Å². The fourth-order valence-electron chi connectivity index (χ4n) is 1.66. The highest BCUT2D eigenvalue weighted by atomic mass is 32.2. The van der Waals surface area contributed by atoms with Gasteiger partial charge in [0.1, 0.15) is 9.84 Å². The molecule has 1 saturated heterocycles. The van der Waals surface area contributed by atoms with Gasteiger partial charge >= 0.3 is 0 Å².